The molecule has 4 fully saturated rings. The van der Waals surface area contributed by atoms with Crippen LogP contribution in [0.1, 0.15) is 66.9 Å². The van der Waals surface area contributed by atoms with Crippen molar-refractivity contribution in [2.45, 2.75) is 65.3 Å². The number of thiocarbonyl (C=S) groups is 1. The van der Waals surface area contributed by atoms with Crippen LogP contribution in [0.25, 0.3) is 0 Å². The summed E-state index contributed by atoms with van der Waals surface area (Å²) in [5, 5.41) is 6.82. The van der Waals surface area contributed by atoms with Crippen LogP contribution < -0.4 is 10.6 Å². The predicted molar refractivity (Wildman–Crippen MR) is 109 cm³/mol. The van der Waals surface area contributed by atoms with Crippen molar-refractivity contribution in [2.75, 3.05) is 0 Å². The molecule has 0 spiro atoms. The van der Waals surface area contributed by atoms with Crippen molar-refractivity contribution in [3.63, 3.8) is 0 Å². The summed E-state index contributed by atoms with van der Waals surface area (Å²) in [7, 11) is 0. The molecular formula is C22H30N2OS. The van der Waals surface area contributed by atoms with Crippen molar-refractivity contribution in [1.82, 2.24) is 10.6 Å². The number of carbonyl (C=O) groups is 1. The SMILES string of the molecule is Cc1ccc(C(=O)NC(=S)N[C@@H](C)C23CC4CC(CC(C4)C2)C3)cc1C. The van der Waals surface area contributed by atoms with Gasteiger partial charge in [-0.25, -0.2) is 0 Å². The highest BCUT2D eigenvalue weighted by molar-refractivity contribution is 7.80. The molecule has 0 aromatic heterocycles. The van der Waals surface area contributed by atoms with Crippen LogP contribution >= 0.6 is 12.2 Å². The lowest BCUT2D eigenvalue weighted by Gasteiger charge is -2.59. The van der Waals surface area contributed by atoms with E-state index < -0.39 is 0 Å². The number of carbonyl (C=O) groups excluding carboxylic acids is 1. The number of hydrogen-bond donors (Lipinski definition) is 2. The number of nitrogens with one attached hydrogen (secondary N) is 2. The molecule has 4 aliphatic rings. The van der Waals surface area contributed by atoms with Crippen molar-refractivity contribution in [3.8, 4) is 0 Å². The lowest BCUT2D eigenvalue weighted by Crippen LogP contribution is -2.57. The second kappa shape index (κ2) is 6.63. The zero-order valence-electron chi connectivity index (χ0n) is 16.1. The first kappa shape index (κ1) is 18.0. The molecule has 2 N–H and O–H groups in total. The summed E-state index contributed by atoms with van der Waals surface area (Å²) >= 11 is 5.48. The summed E-state index contributed by atoms with van der Waals surface area (Å²) in [5.41, 5.74) is 3.36. The van der Waals surface area contributed by atoms with Crippen LogP contribution in [-0.2, 0) is 0 Å². The summed E-state index contributed by atoms with van der Waals surface area (Å²) in [6, 6.07) is 6.10. The molecule has 4 saturated carbocycles. The van der Waals surface area contributed by atoms with Crippen LogP contribution in [0.15, 0.2) is 18.2 Å². The fraction of sp³-hybridized carbons (Fsp3) is 0.636. The zero-order valence-corrected chi connectivity index (χ0v) is 16.9. The van der Waals surface area contributed by atoms with E-state index in [0.29, 0.717) is 22.1 Å². The van der Waals surface area contributed by atoms with Gasteiger partial charge in [-0.1, -0.05) is 6.07 Å². The Bertz CT molecular complexity index is 706. The molecule has 5 rings (SSSR count). The van der Waals surface area contributed by atoms with Gasteiger partial charge in [0.05, 0.1) is 0 Å². The second-order valence-corrected chi connectivity index (χ2v) is 9.64. The van der Waals surface area contributed by atoms with Gasteiger partial charge in [-0.05, 0) is 118 Å². The van der Waals surface area contributed by atoms with Crippen LogP contribution in [0.4, 0.5) is 0 Å². The Morgan fingerprint density at radius 3 is 2.19 bits per heavy atom. The standard InChI is InChI=1S/C22H30N2OS/c1-13-4-5-19(6-14(13)2)20(25)24-21(26)23-15(3)22-10-16-7-17(11-22)9-18(8-16)12-22/h4-6,15-18H,7-12H2,1-3H3,(H2,23,24,25,26)/t15-,16?,17?,18?,22?/m0/s1. The predicted octanol–water partition coefficient (Wildman–Crippen LogP) is 4.51. The number of aryl methyl sites for hydroxylation is 2. The van der Waals surface area contributed by atoms with Gasteiger partial charge in [-0.2, -0.15) is 0 Å². The van der Waals surface area contributed by atoms with Crippen molar-refractivity contribution < 1.29 is 4.79 Å². The third-order valence-corrected chi connectivity index (χ3v) is 7.57. The number of benzene rings is 1. The van der Waals surface area contributed by atoms with Gasteiger partial charge in [0.2, 0.25) is 0 Å². The monoisotopic (exact) mass is 370 g/mol. The number of rotatable bonds is 3. The van der Waals surface area contributed by atoms with E-state index in [2.05, 4.69) is 24.5 Å². The smallest absolute Gasteiger partial charge is 0.257 e. The Balaban J connectivity index is 1.38. The molecule has 4 heteroatoms. The van der Waals surface area contributed by atoms with Crippen molar-refractivity contribution in [1.29, 1.82) is 0 Å². The quantitative estimate of drug-likeness (QED) is 0.769. The van der Waals surface area contributed by atoms with Crippen molar-refractivity contribution in [3.05, 3.63) is 34.9 Å². The van der Waals surface area contributed by atoms with Gasteiger partial charge in [0.25, 0.3) is 5.91 Å². The maximum absolute atomic E-state index is 12.5. The van der Waals surface area contributed by atoms with Gasteiger partial charge < -0.3 is 5.32 Å². The van der Waals surface area contributed by atoms with Crippen molar-refractivity contribution in [2.24, 2.45) is 23.2 Å². The van der Waals surface area contributed by atoms with Crippen LogP contribution in [0.2, 0.25) is 0 Å². The highest BCUT2D eigenvalue weighted by atomic mass is 32.1. The third kappa shape index (κ3) is 3.28. The highest BCUT2D eigenvalue weighted by Crippen LogP contribution is 2.61. The number of hydrogen-bond acceptors (Lipinski definition) is 2. The first-order valence-electron chi connectivity index (χ1n) is 10.0. The molecule has 26 heavy (non-hydrogen) atoms. The topological polar surface area (TPSA) is 41.1 Å². The highest BCUT2D eigenvalue weighted by Gasteiger charge is 2.53. The molecule has 0 aliphatic heterocycles. The van der Waals surface area contributed by atoms with E-state index in [1.54, 1.807) is 0 Å². The van der Waals surface area contributed by atoms with E-state index in [1.807, 2.05) is 25.1 Å². The lowest BCUT2D eigenvalue weighted by atomic mass is 9.48. The van der Waals surface area contributed by atoms with Gasteiger partial charge in [-0.3, -0.25) is 10.1 Å². The van der Waals surface area contributed by atoms with E-state index in [4.69, 9.17) is 12.2 Å². The van der Waals surface area contributed by atoms with Gasteiger partial charge in [-0.15, -0.1) is 0 Å². The van der Waals surface area contributed by atoms with E-state index >= 15 is 0 Å². The summed E-state index contributed by atoms with van der Waals surface area (Å²) in [6.45, 7) is 6.34. The van der Waals surface area contributed by atoms with E-state index in [1.165, 1.54) is 44.1 Å². The fourth-order valence-electron chi connectivity index (χ4n) is 6.15. The minimum atomic E-state index is -0.122. The summed E-state index contributed by atoms with van der Waals surface area (Å²) in [5.74, 6) is 2.64. The average molecular weight is 371 g/mol. The Hall–Kier alpha value is -1.42. The summed E-state index contributed by atoms with van der Waals surface area (Å²) < 4.78 is 0. The molecule has 3 nitrogen and oxygen atoms in total. The van der Waals surface area contributed by atoms with Crippen LogP contribution in [-0.4, -0.2) is 17.1 Å². The fourth-order valence-corrected chi connectivity index (χ4v) is 6.42. The maximum atomic E-state index is 12.5. The third-order valence-electron chi connectivity index (χ3n) is 7.35. The van der Waals surface area contributed by atoms with Crippen LogP contribution in [0.3, 0.4) is 0 Å². The first-order valence-corrected chi connectivity index (χ1v) is 10.4. The molecule has 0 heterocycles. The molecule has 0 saturated heterocycles. The molecule has 1 amide bonds. The summed E-state index contributed by atoms with van der Waals surface area (Å²) in [4.78, 5) is 12.5. The molecule has 0 radical (unpaired) electrons. The molecule has 1 aromatic rings. The maximum Gasteiger partial charge on any atom is 0.257 e. The van der Waals surface area contributed by atoms with Gasteiger partial charge in [0.1, 0.15) is 0 Å². The van der Waals surface area contributed by atoms with Gasteiger partial charge >= 0.3 is 0 Å². The summed E-state index contributed by atoms with van der Waals surface area (Å²) in [6.07, 6.45) is 8.34. The van der Waals surface area contributed by atoms with E-state index in [0.717, 1.165) is 23.3 Å². The minimum absolute atomic E-state index is 0.122. The largest absolute Gasteiger partial charge is 0.359 e. The number of amides is 1. The molecular weight excluding hydrogens is 340 g/mol. The Morgan fingerprint density at radius 2 is 1.65 bits per heavy atom. The minimum Gasteiger partial charge on any atom is -0.359 e. The Labute approximate surface area is 162 Å². The lowest BCUT2D eigenvalue weighted by molar-refractivity contribution is -0.0672. The molecule has 1 atom stereocenters. The van der Waals surface area contributed by atoms with Crippen LogP contribution in [0.5, 0.6) is 0 Å². The Morgan fingerprint density at radius 1 is 1.08 bits per heavy atom. The molecule has 0 unspecified atom stereocenters. The van der Waals surface area contributed by atoms with Crippen molar-refractivity contribution >= 4 is 23.2 Å². The van der Waals surface area contributed by atoms with Crippen LogP contribution in [0, 0.1) is 37.0 Å². The zero-order chi connectivity index (χ0) is 18.5. The van der Waals surface area contributed by atoms with E-state index in [9.17, 15) is 4.79 Å². The molecule has 140 valence electrons. The second-order valence-electron chi connectivity index (χ2n) is 9.23. The first-order chi connectivity index (χ1) is 12.3. The molecule has 1 aromatic carbocycles. The normalized spacial score (nSPS) is 33.0. The van der Waals surface area contributed by atoms with Gasteiger partial charge in [0, 0.05) is 11.6 Å². The Kier molecular flexibility index (Phi) is 4.58. The molecule has 4 bridgehead atoms. The average Bonchev–Trinajstić information content (AvgIpc) is 2.55. The van der Waals surface area contributed by atoms with Gasteiger partial charge in [0.15, 0.2) is 5.11 Å². The van der Waals surface area contributed by atoms with E-state index in [-0.39, 0.29) is 5.91 Å². The molecule has 4 aliphatic carbocycles.